The van der Waals surface area contributed by atoms with Crippen molar-refractivity contribution in [2.75, 3.05) is 19.7 Å². The van der Waals surface area contributed by atoms with Gasteiger partial charge in [-0.3, -0.25) is 28.8 Å². The second-order valence-corrected chi connectivity index (χ2v) is 14.3. The number of nitrogens with one attached hydrogen (secondary N) is 6. The molecule has 7 atom stereocenters. The summed E-state index contributed by atoms with van der Waals surface area (Å²) in [7, 11) is 0. The zero-order valence-electron chi connectivity index (χ0n) is 29.5. The number of ether oxygens (including phenoxy) is 1. The molecule has 3 aliphatic heterocycles. The molecule has 3 fully saturated rings. The first kappa shape index (κ1) is 37.7. The summed E-state index contributed by atoms with van der Waals surface area (Å²) < 4.78 is 5.50. The molecule has 3 aliphatic rings. The van der Waals surface area contributed by atoms with Gasteiger partial charge in [-0.15, -0.1) is 0 Å². The van der Waals surface area contributed by atoms with Gasteiger partial charge in [-0.25, -0.2) is 0 Å². The summed E-state index contributed by atoms with van der Waals surface area (Å²) in [6.45, 7) is 5.94. The number of aromatic nitrogens is 1. The van der Waals surface area contributed by atoms with E-state index in [0.717, 1.165) is 22.9 Å². The molecule has 4 heterocycles. The van der Waals surface area contributed by atoms with E-state index in [0.29, 0.717) is 25.9 Å². The van der Waals surface area contributed by atoms with Gasteiger partial charge in [-0.1, -0.05) is 32.0 Å². The van der Waals surface area contributed by atoms with Crippen LogP contribution in [0.5, 0.6) is 0 Å². The van der Waals surface area contributed by atoms with E-state index in [1.807, 2.05) is 38.1 Å². The second-order valence-electron chi connectivity index (χ2n) is 14.3. The maximum absolute atomic E-state index is 14.1. The Labute approximate surface area is 297 Å². The summed E-state index contributed by atoms with van der Waals surface area (Å²) in [5, 5.41) is 25.4. The zero-order valence-corrected chi connectivity index (χ0v) is 29.5. The van der Waals surface area contributed by atoms with Gasteiger partial charge in [-0.2, -0.15) is 0 Å². The SMILES string of the molecule is CC(C)C[C@H]1NC(=O)[C@H](Cc2c[nH]c3ccccc23)NC(=O)[C@@H](C)NC(=O)[C@@H](NC(=O)[C@H]2CCCO2)CCCCNC(=O)[C@@H]2C[C@@H](O)CN2C1=O. The van der Waals surface area contributed by atoms with Crippen LogP contribution in [0.3, 0.4) is 0 Å². The van der Waals surface area contributed by atoms with Crippen LogP contribution in [0.25, 0.3) is 10.9 Å². The molecule has 0 saturated carbocycles. The lowest BCUT2D eigenvalue weighted by Crippen LogP contribution is -2.59. The van der Waals surface area contributed by atoms with Crippen LogP contribution < -0.4 is 26.6 Å². The van der Waals surface area contributed by atoms with Crippen molar-refractivity contribution in [2.24, 2.45) is 5.92 Å². The van der Waals surface area contributed by atoms with Gasteiger partial charge in [-0.05, 0) is 63.0 Å². The molecule has 7 N–H and O–H groups in total. The van der Waals surface area contributed by atoms with Crippen LogP contribution in [0.4, 0.5) is 0 Å². The molecule has 0 spiro atoms. The fourth-order valence-corrected chi connectivity index (χ4v) is 7.00. The quantitative estimate of drug-likeness (QED) is 0.219. The number of carbonyl (C=O) groups is 6. The maximum atomic E-state index is 14.1. The molecule has 0 aliphatic carbocycles. The van der Waals surface area contributed by atoms with Gasteiger partial charge < -0.3 is 46.3 Å². The van der Waals surface area contributed by atoms with Crippen LogP contribution in [-0.4, -0.2) is 113 Å². The predicted molar refractivity (Wildman–Crippen MR) is 187 cm³/mol. The first-order valence-electron chi connectivity index (χ1n) is 18.1. The Morgan fingerprint density at radius 1 is 0.961 bits per heavy atom. The van der Waals surface area contributed by atoms with E-state index in [1.54, 1.807) is 6.20 Å². The average Bonchev–Trinajstić information content (AvgIpc) is 3.86. The molecule has 15 nitrogen and oxygen atoms in total. The van der Waals surface area contributed by atoms with Crippen molar-refractivity contribution in [1.29, 1.82) is 0 Å². The summed E-state index contributed by atoms with van der Waals surface area (Å²) in [6, 6.07) is 2.34. The van der Waals surface area contributed by atoms with Gasteiger partial charge in [0.2, 0.25) is 35.4 Å². The first-order valence-corrected chi connectivity index (χ1v) is 18.1. The highest BCUT2D eigenvalue weighted by Gasteiger charge is 2.42. The van der Waals surface area contributed by atoms with Crippen LogP contribution in [0.1, 0.15) is 71.3 Å². The number of rotatable bonds is 6. The molecule has 1 aromatic heterocycles. The molecule has 0 bridgehead atoms. The number of nitrogens with zero attached hydrogens (tertiary/aromatic N) is 1. The summed E-state index contributed by atoms with van der Waals surface area (Å²) in [5.41, 5.74) is 1.60. The largest absolute Gasteiger partial charge is 0.391 e. The van der Waals surface area contributed by atoms with Crippen molar-refractivity contribution in [1.82, 2.24) is 36.5 Å². The number of fused-ring (bicyclic) bond motifs is 2. The van der Waals surface area contributed by atoms with E-state index < -0.39 is 77.9 Å². The van der Waals surface area contributed by atoms with Crippen molar-refractivity contribution in [2.45, 2.75) is 115 Å². The van der Waals surface area contributed by atoms with E-state index >= 15 is 0 Å². The summed E-state index contributed by atoms with van der Waals surface area (Å²) in [6.07, 6.45) is 2.97. The van der Waals surface area contributed by atoms with Crippen molar-refractivity contribution >= 4 is 46.3 Å². The summed E-state index contributed by atoms with van der Waals surface area (Å²) in [4.78, 5) is 86.1. The molecule has 51 heavy (non-hydrogen) atoms. The third-order valence-electron chi connectivity index (χ3n) is 9.74. The number of aliphatic hydroxyl groups is 1. The third kappa shape index (κ3) is 9.64. The fraction of sp³-hybridized carbons (Fsp3) is 0.611. The molecular formula is C36H51N7O8. The van der Waals surface area contributed by atoms with Crippen molar-refractivity contribution in [3.05, 3.63) is 36.0 Å². The third-order valence-corrected chi connectivity index (χ3v) is 9.74. The lowest BCUT2D eigenvalue weighted by molar-refractivity contribution is -0.142. The van der Waals surface area contributed by atoms with Crippen molar-refractivity contribution in [3.63, 3.8) is 0 Å². The highest BCUT2D eigenvalue weighted by Crippen LogP contribution is 2.23. The van der Waals surface area contributed by atoms with Gasteiger partial charge in [0.25, 0.3) is 0 Å². The maximum Gasteiger partial charge on any atom is 0.249 e. The predicted octanol–water partition coefficient (Wildman–Crippen LogP) is 0.157. The van der Waals surface area contributed by atoms with Crippen molar-refractivity contribution < 1.29 is 38.6 Å². The molecule has 0 unspecified atom stereocenters. The van der Waals surface area contributed by atoms with E-state index in [2.05, 4.69) is 31.6 Å². The number of amides is 6. The monoisotopic (exact) mass is 709 g/mol. The van der Waals surface area contributed by atoms with Crippen LogP contribution in [-0.2, 0) is 39.9 Å². The number of hydrogen-bond acceptors (Lipinski definition) is 8. The molecule has 6 amide bonds. The Morgan fingerprint density at radius 2 is 1.73 bits per heavy atom. The van der Waals surface area contributed by atoms with E-state index in [-0.39, 0.29) is 44.7 Å². The number of benzene rings is 1. The molecule has 278 valence electrons. The lowest BCUT2D eigenvalue weighted by Gasteiger charge is -2.30. The standard InChI is InChI=1S/C36H51N7O8/c1-20(2)15-28-36(50)43-19-23(44)17-29(43)34(48)37-13-7-6-11-26(40-35(49)30-12-8-14-51-30)32(46)39-21(3)31(45)41-27(33(47)42-28)16-22-18-38-25-10-5-4-9-24(22)25/h4-5,9-10,18,20-21,23,26-30,38,44H,6-8,11-17,19H2,1-3H3,(H,37,48)(H,39,46)(H,40,49)(H,41,45)(H,42,47)/t21-,23-,26+,27+,28-,29+,30-/m1/s1. The molecule has 0 radical (unpaired) electrons. The number of H-pyrrole nitrogens is 1. The number of aliphatic hydroxyl groups excluding tert-OH is 1. The van der Waals surface area contributed by atoms with E-state index in [9.17, 15) is 33.9 Å². The Bertz CT molecular complexity index is 1590. The average molecular weight is 710 g/mol. The number of aromatic amines is 1. The van der Waals surface area contributed by atoms with Gasteiger partial charge in [0.05, 0.1) is 6.10 Å². The lowest BCUT2D eigenvalue weighted by atomic mass is 10.00. The first-order chi connectivity index (χ1) is 24.4. The van der Waals surface area contributed by atoms with Gasteiger partial charge in [0, 0.05) is 49.6 Å². The highest BCUT2D eigenvalue weighted by atomic mass is 16.5. The molecule has 1 aromatic carbocycles. The molecule has 15 heteroatoms. The van der Waals surface area contributed by atoms with Crippen LogP contribution in [0.2, 0.25) is 0 Å². The van der Waals surface area contributed by atoms with Crippen LogP contribution >= 0.6 is 0 Å². The summed E-state index contributed by atoms with van der Waals surface area (Å²) in [5.74, 6) is -3.16. The minimum atomic E-state index is -1.15. The Hall–Kier alpha value is -4.50. The molecular weight excluding hydrogens is 658 g/mol. The zero-order chi connectivity index (χ0) is 36.7. The van der Waals surface area contributed by atoms with Gasteiger partial charge in [0.15, 0.2) is 0 Å². The van der Waals surface area contributed by atoms with Gasteiger partial charge >= 0.3 is 0 Å². The smallest absolute Gasteiger partial charge is 0.249 e. The van der Waals surface area contributed by atoms with Crippen LogP contribution in [0.15, 0.2) is 30.5 Å². The van der Waals surface area contributed by atoms with E-state index in [4.69, 9.17) is 4.74 Å². The number of hydrogen-bond donors (Lipinski definition) is 7. The van der Waals surface area contributed by atoms with Gasteiger partial charge in [0.1, 0.15) is 36.3 Å². The van der Waals surface area contributed by atoms with Crippen LogP contribution in [0, 0.1) is 5.92 Å². The normalized spacial score (nSPS) is 29.0. The topological polar surface area (TPSA) is 211 Å². The van der Waals surface area contributed by atoms with E-state index in [1.165, 1.54) is 11.8 Å². The fourth-order valence-electron chi connectivity index (χ4n) is 7.00. The molecule has 3 saturated heterocycles. The number of para-hydroxylation sites is 1. The minimum Gasteiger partial charge on any atom is -0.391 e. The Balaban J connectivity index is 1.43. The molecule has 5 rings (SSSR count). The highest BCUT2D eigenvalue weighted by molar-refractivity contribution is 5.97. The van der Waals surface area contributed by atoms with Crippen molar-refractivity contribution in [3.8, 4) is 0 Å². The molecule has 2 aromatic rings. The summed E-state index contributed by atoms with van der Waals surface area (Å²) >= 11 is 0. The Morgan fingerprint density at radius 3 is 2.47 bits per heavy atom. The number of carbonyl (C=O) groups excluding carboxylic acids is 6. The minimum absolute atomic E-state index is 0.0220. The second kappa shape index (κ2) is 17.1. The Kier molecular flexibility index (Phi) is 12.7.